The first-order valence-corrected chi connectivity index (χ1v) is 9.98. The first kappa shape index (κ1) is 19.9. The van der Waals surface area contributed by atoms with Gasteiger partial charge in [-0.15, -0.1) is 0 Å². The van der Waals surface area contributed by atoms with Crippen LogP contribution in [0.3, 0.4) is 0 Å². The number of rotatable bonds is 7. The zero-order valence-corrected chi connectivity index (χ0v) is 16.8. The Morgan fingerprint density at radius 1 is 1.00 bits per heavy atom. The van der Waals surface area contributed by atoms with Gasteiger partial charge in [0.15, 0.2) is 0 Å². The van der Waals surface area contributed by atoms with Crippen molar-refractivity contribution in [2.75, 3.05) is 36.0 Å². The van der Waals surface area contributed by atoms with Gasteiger partial charge >= 0.3 is 0 Å². The summed E-state index contributed by atoms with van der Waals surface area (Å²) < 4.78 is 0. The van der Waals surface area contributed by atoms with Crippen LogP contribution in [0.25, 0.3) is 0 Å². The molecule has 2 aromatic carbocycles. The van der Waals surface area contributed by atoms with E-state index in [9.17, 15) is 9.59 Å². The van der Waals surface area contributed by atoms with E-state index >= 15 is 0 Å². The monoisotopic (exact) mass is 379 g/mol. The fourth-order valence-electron chi connectivity index (χ4n) is 3.55. The van der Waals surface area contributed by atoms with Crippen LogP contribution in [0, 0.1) is 6.92 Å². The van der Waals surface area contributed by atoms with Crippen molar-refractivity contribution >= 4 is 23.2 Å². The molecule has 1 saturated heterocycles. The Morgan fingerprint density at radius 3 is 2.25 bits per heavy atom. The molecular weight excluding hydrogens is 350 g/mol. The number of carbonyl (C=O) groups is 2. The number of aryl methyl sites for hydroxylation is 1. The molecule has 148 valence electrons. The molecule has 1 heterocycles. The average Bonchev–Trinajstić information content (AvgIpc) is 3.22. The Balaban J connectivity index is 1.52. The predicted molar refractivity (Wildman–Crippen MR) is 114 cm³/mol. The zero-order chi connectivity index (χ0) is 19.9. The highest BCUT2D eigenvalue weighted by atomic mass is 16.2. The Bertz CT molecular complexity index is 794. The van der Waals surface area contributed by atoms with Crippen molar-refractivity contribution in [2.45, 2.75) is 33.1 Å². The first-order valence-electron chi connectivity index (χ1n) is 9.98. The molecule has 0 aromatic heterocycles. The van der Waals surface area contributed by atoms with Gasteiger partial charge in [0.1, 0.15) is 0 Å². The molecule has 0 bridgehead atoms. The minimum Gasteiger partial charge on any atom is -0.372 e. The number of amides is 2. The SMILES string of the molecule is CC(=O)N(CCNC(=O)Cc1ccc(C)cc1)c1ccc(N2CCCC2)cc1. The smallest absolute Gasteiger partial charge is 0.224 e. The maximum absolute atomic E-state index is 12.2. The minimum atomic E-state index is -0.0308. The minimum absolute atomic E-state index is 0.0262. The van der Waals surface area contributed by atoms with E-state index in [1.54, 1.807) is 11.8 Å². The van der Waals surface area contributed by atoms with Gasteiger partial charge < -0.3 is 15.1 Å². The Kier molecular flexibility index (Phi) is 6.69. The van der Waals surface area contributed by atoms with Crippen LogP contribution in [0.4, 0.5) is 11.4 Å². The summed E-state index contributed by atoms with van der Waals surface area (Å²) in [6.07, 6.45) is 2.83. The zero-order valence-electron chi connectivity index (χ0n) is 16.8. The second kappa shape index (κ2) is 9.40. The summed E-state index contributed by atoms with van der Waals surface area (Å²) in [7, 11) is 0. The third-order valence-corrected chi connectivity index (χ3v) is 5.16. The van der Waals surface area contributed by atoms with E-state index in [0.717, 1.165) is 24.3 Å². The lowest BCUT2D eigenvalue weighted by molar-refractivity contribution is -0.121. The topological polar surface area (TPSA) is 52.7 Å². The standard InChI is InChI=1S/C23H29N3O2/c1-18-5-7-20(8-6-18)17-23(28)24-13-16-26(19(2)27)22-11-9-21(10-12-22)25-14-3-4-15-25/h5-12H,3-4,13-17H2,1-2H3,(H,24,28). The highest BCUT2D eigenvalue weighted by Gasteiger charge is 2.15. The van der Waals surface area contributed by atoms with E-state index in [4.69, 9.17) is 0 Å². The van der Waals surface area contributed by atoms with Gasteiger partial charge in [0.25, 0.3) is 0 Å². The van der Waals surface area contributed by atoms with Gasteiger partial charge in [0.05, 0.1) is 6.42 Å². The molecule has 0 aliphatic carbocycles. The van der Waals surface area contributed by atoms with E-state index in [2.05, 4.69) is 22.3 Å². The highest BCUT2D eigenvalue weighted by molar-refractivity contribution is 5.91. The molecule has 1 aliphatic heterocycles. The van der Waals surface area contributed by atoms with Gasteiger partial charge in [-0.1, -0.05) is 29.8 Å². The molecule has 28 heavy (non-hydrogen) atoms. The maximum Gasteiger partial charge on any atom is 0.224 e. The molecule has 1 fully saturated rings. The van der Waals surface area contributed by atoms with Gasteiger partial charge in [-0.2, -0.15) is 0 Å². The van der Waals surface area contributed by atoms with Crippen LogP contribution in [0.1, 0.15) is 30.9 Å². The van der Waals surface area contributed by atoms with E-state index in [1.165, 1.54) is 24.1 Å². The van der Waals surface area contributed by atoms with Gasteiger partial charge in [0, 0.05) is 44.5 Å². The summed E-state index contributed by atoms with van der Waals surface area (Å²) in [5, 5.41) is 2.92. The molecule has 0 saturated carbocycles. The third kappa shape index (κ3) is 5.35. The molecule has 2 aromatic rings. The molecule has 0 radical (unpaired) electrons. The Hall–Kier alpha value is -2.82. The van der Waals surface area contributed by atoms with Crippen molar-refractivity contribution in [2.24, 2.45) is 0 Å². The van der Waals surface area contributed by atoms with Crippen LogP contribution in [0.5, 0.6) is 0 Å². The molecule has 3 rings (SSSR count). The molecule has 5 nitrogen and oxygen atoms in total. The quantitative estimate of drug-likeness (QED) is 0.803. The predicted octanol–water partition coefficient (Wildman–Crippen LogP) is 3.31. The summed E-state index contributed by atoms with van der Waals surface area (Å²) >= 11 is 0. The lowest BCUT2D eigenvalue weighted by atomic mass is 10.1. The second-order valence-electron chi connectivity index (χ2n) is 7.39. The van der Waals surface area contributed by atoms with Gasteiger partial charge in [-0.3, -0.25) is 9.59 Å². The van der Waals surface area contributed by atoms with Crippen molar-refractivity contribution in [3.8, 4) is 0 Å². The van der Waals surface area contributed by atoms with Crippen molar-refractivity contribution in [3.63, 3.8) is 0 Å². The van der Waals surface area contributed by atoms with E-state index < -0.39 is 0 Å². The van der Waals surface area contributed by atoms with E-state index in [0.29, 0.717) is 19.5 Å². The summed E-state index contributed by atoms with van der Waals surface area (Å²) in [4.78, 5) is 28.3. The largest absolute Gasteiger partial charge is 0.372 e. The summed E-state index contributed by atoms with van der Waals surface area (Å²) in [5.74, 6) is -0.0570. The molecule has 0 spiro atoms. The molecule has 1 N–H and O–H groups in total. The summed E-state index contributed by atoms with van der Waals surface area (Å²) in [6, 6.07) is 16.1. The number of nitrogens with one attached hydrogen (secondary N) is 1. The van der Waals surface area contributed by atoms with Crippen LogP contribution in [0.2, 0.25) is 0 Å². The number of anilines is 2. The molecule has 5 heteroatoms. The van der Waals surface area contributed by atoms with E-state index in [1.807, 2.05) is 43.3 Å². The van der Waals surface area contributed by atoms with E-state index in [-0.39, 0.29) is 11.8 Å². The van der Waals surface area contributed by atoms with Crippen molar-refractivity contribution in [3.05, 3.63) is 59.7 Å². The van der Waals surface area contributed by atoms with Crippen LogP contribution in [-0.4, -0.2) is 38.0 Å². The molecular formula is C23H29N3O2. The summed E-state index contributed by atoms with van der Waals surface area (Å²) in [6.45, 7) is 6.67. The first-order chi connectivity index (χ1) is 13.5. The van der Waals surface area contributed by atoms with Crippen molar-refractivity contribution in [1.29, 1.82) is 0 Å². The molecule has 2 amide bonds. The van der Waals surface area contributed by atoms with Gasteiger partial charge in [0.2, 0.25) is 11.8 Å². The van der Waals surface area contributed by atoms with Gasteiger partial charge in [-0.05, 0) is 49.6 Å². The lowest BCUT2D eigenvalue weighted by Crippen LogP contribution is -2.38. The highest BCUT2D eigenvalue weighted by Crippen LogP contribution is 2.23. The fourth-order valence-corrected chi connectivity index (χ4v) is 3.55. The molecule has 0 atom stereocenters. The molecule has 1 aliphatic rings. The maximum atomic E-state index is 12.2. The number of benzene rings is 2. The Labute approximate surface area is 167 Å². The summed E-state index contributed by atoms with van der Waals surface area (Å²) in [5.41, 5.74) is 4.24. The number of hydrogen-bond donors (Lipinski definition) is 1. The average molecular weight is 380 g/mol. The molecule has 0 unspecified atom stereocenters. The Morgan fingerprint density at radius 2 is 1.64 bits per heavy atom. The van der Waals surface area contributed by atoms with Crippen LogP contribution >= 0.6 is 0 Å². The third-order valence-electron chi connectivity index (χ3n) is 5.16. The van der Waals surface area contributed by atoms with Crippen LogP contribution < -0.4 is 15.1 Å². The lowest BCUT2D eigenvalue weighted by Gasteiger charge is -2.23. The number of carbonyl (C=O) groups excluding carboxylic acids is 2. The van der Waals surface area contributed by atoms with Crippen molar-refractivity contribution < 1.29 is 9.59 Å². The fraction of sp³-hybridized carbons (Fsp3) is 0.391. The number of hydrogen-bond acceptors (Lipinski definition) is 3. The second-order valence-corrected chi connectivity index (χ2v) is 7.39. The normalized spacial score (nSPS) is 13.4. The van der Waals surface area contributed by atoms with Crippen LogP contribution in [0.15, 0.2) is 48.5 Å². The number of nitrogens with zero attached hydrogens (tertiary/aromatic N) is 2. The van der Waals surface area contributed by atoms with Gasteiger partial charge in [-0.25, -0.2) is 0 Å². The van der Waals surface area contributed by atoms with Crippen molar-refractivity contribution in [1.82, 2.24) is 5.32 Å². The van der Waals surface area contributed by atoms with Crippen LogP contribution in [-0.2, 0) is 16.0 Å².